The molecule has 1 unspecified atom stereocenters. The van der Waals surface area contributed by atoms with Crippen LogP contribution in [-0.4, -0.2) is 50.3 Å². The van der Waals surface area contributed by atoms with Crippen LogP contribution in [0, 0.1) is 0 Å². The molecular weight excluding hydrogens is 200 g/mol. The summed E-state index contributed by atoms with van der Waals surface area (Å²) in [6.07, 6.45) is 5.55. The minimum Gasteiger partial charge on any atom is -0.377 e. The molecule has 1 fully saturated rings. The second-order valence-electron chi connectivity index (χ2n) is 4.57. The lowest BCUT2D eigenvalue weighted by molar-refractivity contribution is 0.0169. The van der Waals surface area contributed by atoms with Crippen LogP contribution in [0.2, 0.25) is 0 Å². The molecule has 1 aliphatic rings. The normalized spacial score (nSPS) is 21.6. The van der Waals surface area contributed by atoms with Crippen molar-refractivity contribution in [2.45, 2.75) is 45.6 Å². The maximum atomic E-state index is 5.68. The van der Waals surface area contributed by atoms with Crippen LogP contribution < -0.4 is 5.32 Å². The number of rotatable bonds is 8. The molecular formula is C13H28N2O. The van der Waals surface area contributed by atoms with Gasteiger partial charge in [0.25, 0.3) is 0 Å². The summed E-state index contributed by atoms with van der Waals surface area (Å²) in [5, 5.41) is 3.51. The van der Waals surface area contributed by atoms with Crippen molar-refractivity contribution in [3.63, 3.8) is 0 Å². The van der Waals surface area contributed by atoms with E-state index in [4.69, 9.17) is 4.74 Å². The van der Waals surface area contributed by atoms with Crippen LogP contribution in [0.3, 0.4) is 0 Å². The zero-order valence-corrected chi connectivity index (χ0v) is 11.0. The van der Waals surface area contributed by atoms with Gasteiger partial charge in [0, 0.05) is 13.2 Å². The van der Waals surface area contributed by atoms with Crippen molar-refractivity contribution in [2.75, 3.05) is 39.3 Å². The second-order valence-corrected chi connectivity index (χ2v) is 4.57. The van der Waals surface area contributed by atoms with Gasteiger partial charge in [-0.3, -0.25) is 0 Å². The van der Waals surface area contributed by atoms with Crippen LogP contribution in [0.15, 0.2) is 0 Å². The highest BCUT2D eigenvalue weighted by Gasteiger charge is 2.12. The van der Waals surface area contributed by atoms with E-state index in [0.717, 1.165) is 19.7 Å². The predicted octanol–water partition coefficient (Wildman–Crippen LogP) is 1.88. The molecule has 96 valence electrons. The minimum absolute atomic E-state index is 0.474. The van der Waals surface area contributed by atoms with E-state index < -0.39 is 0 Å². The highest BCUT2D eigenvalue weighted by molar-refractivity contribution is 4.66. The number of hydrogen-bond donors (Lipinski definition) is 1. The molecule has 3 nitrogen and oxygen atoms in total. The third-order valence-corrected chi connectivity index (χ3v) is 3.37. The second kappa shape index (κ2) is 8.97. The molecule has 1 aliphatic heterocycles. The minimum atomic E-state index is 0.474. The summed E-state index contributed by atoms with van der Waals surface area (Å²) in [4.78, 5) is 2.47. The molecule has 0 amide bonds. The Hall–Kier alpha value is -0.120. The first-order chi connectivity index (χ1) is 7.86. The van der Waals surface area contributed by atoms with E-state index in [-0.39, 0.29) is 0 Å². The monoisotopic (exact) mass is 228 g/mol. The summed E-state index contributed by atoms with van der Waals surface area (Å²) in [6, 6.07) is 0. The van der Waals surface area contributed by atoms with Crippen molar-refractivity contribution in [3.05, 3.63) is 0 Å². The highest BCUT2D eigenvalue weighted by Crippen LogP contribution is 2.11. The fourth-order valence-electron chi connectivity index (χ4n) is 2.20. The Labute approximate surface area is 101 Å². The van der Waals surface area contributed by atoms with Crippen LogP contribution in [0.5, 0.6) is 0 Å². The molecule has 0 aromatic carbocycles. The van der Waals surface area contributed by atoms with E-state index >= 15 is 0 Å². The molecule has 1 saturated heterocycles. The van der Waals surface area contributed by atoms with Crippen LogP contribution in [0.1, 0.15) is 39.5 Å². The lowest BCUT2D eigenvalue weighted by Crippen LogP contribution is -2.33. The van der Waals surface area contributed by atoms with Crippen molar-refractivity contribution in [1.82, 2.24) is 10.2 Å². The first kappa shape index (κ1) is 13.9. The smallest absolute Gasteiger partial charge is 0.0699 e. The van der Waals surface area contributed by atoms with Crippen LogP contribution in [-0.2, 0) is 4.74 Å². The summed E-state index contributed by atoms with van der Waals surface area (Å²) >= 11 is 0. The molecule has 3 heteroatoms. The zero-order valence-electron chi connectivity index (χ0n) is 11.0. The van der Waals surface area contributed by atoms with E-state index in [2.05, 4.69) is 24.1 Å². The quantitative estimate of drug-likeness (QED) is 0.642. The maximum absolute atomic E-state index is 5.68. The molecule has 1 rings (SSSR count). The Morgan fingerprint density at radius 1 is 1.25 bits per heavy atom. The molecule has 1 atom stereocenters. The molecule has 1 heterocycles. The van der Waals surface area contributed by atoms with Gasteiger partial charge in [-0.25, -0.2) is 0 Å². The summed E-state index contributed by atoms with van der Waals surface area (Å²) in [7, 11) is 0. The molecule has 16 heavy (non-hydrogen) atoms. The van der Waals surface area contributed by atoms with Crippen LogP contribution in [0.25, 0.3) is 0 Å². The van der Waals surface area contributed by atoms with Crippen molar-refractivity contribution in [2.24, 2.45) is 0 Å². The molecule has 0 spiro atoms. The first-order valence-electron chi connectivity index (χ1n) is 6.91. The van der Waals surface area contributed by atoms with Gasteiger partial charge in [-0.1, -0.05) is 13.8 Å². The third-order valence-electron chi connectivity index (χ3n) is 3.37. The lowest BCUT2D eigenvalue weighted by atomic mass is 10.1. The molecule has 1 N–H and O–H groups in total. The van der Waals surface area contributed by atoms with Gasteiger partial charge in [-0.15, -0.1) is 0 Å². The summed E-state index contributed by atoms with van der Waals surface area (Å²) in [6.45, 7) is 11.1. The predicted molar refractivity (Wildman–Crippen MR) is 68.9 cm³/mol. The number of hydrogen-bond acceptors (Lipinski definition) is 3. The molecule has 0 bridgehead atoms. The maximum Gasteiger partial charge on any atom is 0.0699 e. The standard InChI is InChI=1S/C13H28N2O/c1-3-15(4-2)10-7-9-14-12-13-8-5-6-11-16-13/h13-14H,3-12H2,1-2H3. The van der Waals surface area contributed by atoms with Gasteiger partial charge >= 0.3 is 0 Å². The Kier molecular flexibility index (Phi) is 7.81. The van der Waals surface area contributed by atoms with Gasteiger partial charge in [0.05, 0.1) is 6.10 Å². The fourth-order valence-corrected chi connectivity index (χ4v) is 2.20. The largest absolute Gasteiger partial charge is 0.377 e. The molecule has 0 saturated carbocycles. The zero-order chi connectivity index (χ0) is 11.6. The van der Waals surface area contributed by atoms with Gasteiger partial charge in [0.15, 0.2) is 0 Å². The van der Waals surface area contributed by atoms with Crippen LogP contribution >= 0.6 is 0 Å². The fraction of sp³-hybridized carbons (Fsp3) is 1.00. The number of nitrogens with zero attached hydrogens (tertiary/aromatic N) is 1. The summed E-state index contributed by atoms with van der Waals surface area (Å²) in [5.41, 5.74) is 0. The SMILES string of the molecule is CCN(CC)CCCNCC1CCCCO1. The molecule has 0 aliphatic carbocycles. The molecule has 0 aromatic heterocycles. The topological polar surface area (TPSA) is 24.5 Å². The van der Waals surface area contributed by atoms with Crippen molar-refractivity contribution in [3.8, 4) is 0 Å². The van der Waals surface area contributed by atoms with E-state index in [1.54, 1.807) is 0 Å². The highest BCUT2D eigenvalue weighted by atomic mass is 16.5. The average molecular weight is 228 g/mol. The first-order valence-corrected chi connectivity index (χ1v) is 6.91. The van der Waals surface area contributed by atoms with Crippen molar-refractivity contribution >= 4 is 0 Å². The van der Waals surface area contributed by atoms with Gasteiger partial charge in [-0.2, -0.15) is 0 Å². The van der Waals surface area contributed by atoms with Crippen LogP contribution in [0.4, 0.5) is 0 Å². The van der Waals surface area contributed by atoms with Gasteiger partial charge < -0.3 is 15.0 Å². The molecule has 0 aromatic rings. The van der Waals surface area contributed by atoms with Gasteiger partial charge in [-0.05, 0) is 51.9 Å². The van der Waals surface area contributed by atoms with E-state index in [9.17, 15) is 0 Å². The van der Waals surface area contributed by atoms with Crippen molar-refractivity contribution in [1.29, 1.82) is 0 Å². The Morgan fingerprint density at radius 2 is 2.06 bits per heavy atom. The number of ether oxygens (including phenoxy) is 1. The summed E-state index contributed by atoms with van der Waals surface area (Å²) in [5.74, 6) is 0. The average Bonchev–Trinajstić information content (AvgIpc) is 2.35. The van der Waals surface area contributed by atoms with Gasteiger partial charge in [0.1, 0.15) is 0 Å². The van der Waals surface area contributed by atoms with E-state index in [0.29, 0.717) is 6.10 Å². The Morgan fingerprint density at radius 3 is 2.69 bits per heavy atom. The Bertz CT molecular complexity index is 154. The van der Waals surface area contributed by atoms with E-state index in [1.807, 2.05) is 0 Å². The summed E-state index contributed by atoms with van der Waals surface area (Å²) < 4.78 is 5.68. The van der Waals surface area contributed by atoms with Crippen molar-refractivity contribution < 1.29 is 4.74 Å². The lowest BCUT2D eigenvalue weighted by Gasteiger charge is -2.23. The third kappa shape index (κ3) is 5.83. The van der Waals surface area contributed by atoms with E-state index in [1.165, 1.54) is 45.3 Å². The van der Waals surface area contributed by atoms with Gasteiger partial charge in [0.2, 0.25) is 0 Å². The molecule has 0 radical (unpaired) electrons. The number of nitrogens with one attached hydrogen (secondary N) is 1. The Balaban J connectivity index is 1.90.